The van der Waals surface area contributed by atoms with Gasteiger partial charge in [-0.3, -0.25) is 14.9 Å². The highest BCUT2D eigenvalue weighted by molar-refractivity contribution is 5.92. The number of non-ortho nitro benzene ring substituents is 1. The number of rotatable bonds is 6. The summed E-state index contributed by atoms with van der Waals surface area (Å²) in [7, 11) is 0. The van der Waals surface area contributed by atoms with Crippen LogP contribution in [-0.4, -0.2) is 36.9 Å². The summed E-state index contributed by atoms with van der Waals surface area (Å²) < 4.78 is 16.1. The van der Waals surface area contributed by atoms with Crippen LogP contribution in [0.3, 0.4) is 0 Å². The van der Waals surface area contributed by atoms with E-state index in [1.54, 1.807) is 0 Å². The van der Waals surface area contributed by atoms with Crippen LogP contribution < -0.4 is 10.1 Å². The lowest BCUT2D eigenvalue weighted by Crippen LogP contribution is -2.25. The van der Waals surface area contributed by atoms with Crippen molar-refractivity contribution in [1.82, 2.24) is 5.32 Å². The highest BCUT2D eigenvalue weighted by Crippen LogP contribution is 2.33. The van der Waals surface area contributed by atoms with Gasteiger partial charge in [-0.1, -0.05) is 0 Å². The zero-order chi connectivity index (χ0) is 17.6. The number of nitro groups is 1. The van der Waals surface area contributed by atoms with E-state index in [1.165, 1.54) is 24.3 Å². The summed E-state index contributed by atoms with van der Waals surface area (Å²) in [4.78, 5) is 22.5. The molecule has 1 saturated heterocycles. The van der Waals surface area contributed by atoms with Gasteiger partial charge in [0.15, 0.2) is 6.79 Å². The fourth-order valence-corrected chi connectivity index (χ4v) is 2.91. The van der Waals surface area contributed by atoms with Gasteiger partial charge in [0.1, 0.15) is 5.75 Å². The largest absolute Gasteiger partial charge is 0.467 e. The van der Waals surface area contributed by atoms with E-state index < -0.39 is 4.92 Å². The van der Waals surface area contributed by atoms with Crippen LogP contribution in [0.1, 0.15) is 30.4 Å². The normalized spacial score (nSPS) is 19.4. The molecule has 1 aromatic carbocycles. The highest BCUT2D eigenvalue weighted by atomic mass is 16.7. The van der Waals surface area contributed by atoms with E-state index in [4.69, 9.17) is 14.2 Å². The predicted molar refractivity (Wildman–Crippen MR) is 89.0 cm³/mol. The third-order valence-corrected chi connectivity index (χ3v) is 4.14. The standard InChI is InChI=1S/C17H20N2O6/c20-16(18-6-5-15-2-1-7-24-15)4-3-12-8-14(19(21)22)9-13-10-23-11-25-17(12)13/h3-4,8-9,15H,1-2,5-7,10-11H2,(H,18,20)/b4-3+/t15-/m0/s1. The number of benzene rings is 1. The molecular weight excluding hydrogens is 328 g/mol. The maximum atomic E-state index is 11.9. The lowest BCUT2D eigenvalue weighted by molar-refractivity contribution is -0.385. The quantitative estimate of drug-likeness (QED) is 0.480. The van der Waals surface area contributed by atoms with E-state index in [2.05, 4.69) is 5.32 Å². The van der Waals surface area contributed by atoms with Gasteiger partial charge in [0.05, 0.1) is 17.6 Å². The third kappa shape index (κ3) is 4.55. The number of nitrogens with one attached hydrogen (secondary N) is 1. The SMILES string of the molecule is O=C(/C=C/c1cc([N+](=O)[O-])cc2c1OCOC2)NCC[C@@H]1CCCO1. The topological polar surface area (TPSA) is 99.9 Å². The van der Waals surface area contributed by atoms with Gasteiger partial charge in [-0.25, -0.2) is 0 Å². The van der Waals surface area contributed by atoms with Crippen molar-refractivity contribution in [3.05, 3.63) is 39.4 Å². The molecule has 1 amide bonds. The van der Waals surface area contributed by atoms with Crippen LogP contribution in [0.15, 0.2) is 18.2 Å². The minimum Gasteiger partial charge on any atom is -0.467 e. The number of nitrogens with zero attached hydrogens (tertiary/aromatic N) is 1. The monoisotopic (exact) mass is 348 g/mol. The van der Waals surface area contributed by atoms with Crippen LogP contribution in [0, 0.1) is 10.1 Å². The molecule has 1 fully saturated rings. The van der Waals surface area contributed by atoms with E-state index in [-0.39, 0.29) is 31.1 Å². The average Bonchev–Trinajstić information content (AvgIpc) is 3.12. The van der Waals surface area contributed by atoms with Crippen molar-refractivity contribution in [3.8, 4) is 5.75 Å². The number of hydrogen-bond acceptors (Lipinski definition) is 6. The Morgan fingerprint density at radius 3 is 3.08 bits per heavy atom. The van der Waals surface area contributed by atoms with E-state index in [9.17, 15) is 14.9 Å². The van der Waals surface area contributed by atoms with Crippen LogP contribution in [-0.2, 0) is 20.9 Å². The molecular formula is C17H20N2O6. The second-order valence-corrected chi connectivity index (χ2v) is 5.94. The van der Waals surface area contributed by atoms with Crippen molar-refractivity contribution in [2.24, 2.45) is 0 Å². The van der Waals surface area contributed by atoms with Crippen LogP contribution in [0.25, 0.3) is 6.08 Å². The van der Waals surface area contributed by atoms with Crippen molar-refractivity contribution < 1.29 is 23.9 Å². The van der Waals surface area contributed by atoms with E-state index >= 15 is 0 Å². The van der Waals surface area contributed by atoms with Crippen molar-refractivity contribution in [1.29, 1.82) is 0 Å². The van der Waals surface area contributed by atoms with Gasteiger partial charge < -0.3 is 19.5 Å². The zero-order valence-corrected chi connectivity index (χ0v) is 13.7. The van der Waals surface area contributed by atoms with Gasteiger partial charge in [0.2, 0.25) is 5.91 Å². The molecule has 134 valence electrons. The molecule has 2 heterocycles. The Morgan fingerprint density at radius 1 is 1.44 bits per heavy atom. The smallest absolute Gasteiger partial charge is 0.270 e. The summed E-state index contributed by atoms with van der Waals surface area (Å²) in [6.45, 7) is 1.65. The predicted octanol–water partition coefficient (Wildman–Crippen LogP) is 2.16. The Hall–Kier alpha value is -2.45. The molecule has 1 atom stereocenters. The molecule has 0 saturated carbocycles. The number of nitro benzene ring substituents is 1. The van der Waals surface area contributed by atoms with Gasteiger partial charge in [-0.2, -0.15) is 0 Å². The highest BCUT2D eigenvalue weighted by Gasteiger charge is 2.20. The van der Waals surface area contributed by atoms with Gasteiger partial charge in [0.25, 0.3) is 5.69 Å². The van der Waals surface area contributed by atoms with E-state index in [1.807, 2.05) is 0 Å². The minimum atomic E-state index is -0.478. The maximum Gasteiger partial charge on any atom is 0.270 e. The number of carbonyl (C=O) groups excluding carboxylic acids is 1. The first-order valence-electron chi connectivity index (χ1n) is 8.23. The second kappa shape index (κ2) is 8.09. The lowest BCUT2D eigenvalue weighted by atomic mass is 10.1. The van der Waals surface area contributed by atoms with Crippen molar-refractivity contribution >= 4 is 17.7 Å². The molecule has 0 aliphatic carbocycles. The number of ether oxygens (including phenoxy) is 3. The lowest BCUT2D eigenvalue weighted by Gasteiger charge is -2.19. The van der Waals surface area contributed by atoms with E-state index in [0.29, 0.717) is 23.4 Å². The fraction of sp³-hybridized carbons (Fsp3) is 0.471. The molecule has 1 aromatic rings. The first kappa shape index (κ1) is 17.4. The van der Waals surface area contributed by atoms with Gasteiger partial charge in [0, 0.05) is 42.5 Å². The first-order chi connectivity index (χ1) is 12.1. The molecule has 2 aliphatic rings. The molecule has 1 N–H and O–H groups in total. The molecule has 8 heteroatoms. The third-order valence-electron chi connectivity index (χ3n) is 4.14. The maximum absolute atomic E-state index is 11.9. The Morgan fingerprint density at radius 2 is 2.32 bits per heavy atom. The van der Waals surface area contributed by atoms with Crippen molar-refractivity contribution in [2.75, 3.05) is 19.9 Å². The summed E-state index contributed by atoms with van der Waals surface area (Å²) in [6.07, 6.45) is 5.99. The Kier molecular flexibility index (Phi) is 5.62. The molecule has 0 aromatic heterocycles. The Bertz CT molecular complexity index is 682. The Balaban J connectivity index is 1.64. The molecule has 25 heavy (non-hydrogen) atoms. The van der Waals surface area contributed by atoms with Gasteiger partial charge in [-0.05, 0) is 25.3 Å². The number of hydrogen-bond donors (Lipinski definition) is 1. The van der Waals surface area contributed by atoms with Crippen molar-refractivity contribution in [3.63, 3.8) is 0 Å². The molecule has 8 nitrogen and oxygen atoms in total. The first-order valence-corrected chi connectivity index (χ1v) is 8.23. The van der Waals surface area contributed by atoms with Gasteiger partial charge >= 0.3 is 0 Å². The molecule has 2 aliphatic heterocycles. The molecule has 3 rings (SSSR count). The minimum absolute atomic E-state index is 0.0636. The van der Waals surface area contributed by atoms with Gasteiger partial charge in [-0.15, -0.1) is 0 Å². The molecule has 0 unspecified atom stereocenters. The second-order valence-electron chi connectivity index (χ2n) is 5.94. The zero-order valence-electron chi connectivity index (χ0n) is 13.7. The summed E-state index contributed by atoms with van der Waals surface area (Å²) in [5.74, 6) is 0.255. The summed E-state index contributed by atoms with van der Waals surface area (Å²) in [5.41, 5.74) is 1.02. The summed E-state index contributed by atoms with van der Waals surface area (Å²) in [5, 5.41) is 13.8. The number of amides is 1. The van der Waals surface area contributed by atoms with E-state index in [0.717, 1.165) is 25.9 Å². The summed E-state index contributed by atoms with van der Waals surface area (Å²) in [6, 6.07) is 2.81. The van der Waals surface area contributed by atoms with Crippen LogP contribution in [0.2, 0.25) is 0 Å². The molecule has 0 spiro atoms. The van der Waals surface area contributed by atoms with Crippen LogP contribution in [0.5, 0.6) is 5.75 Å². The number of carbonyl (C=O) groups is 1. The van der Waals surface area contributed by atoms with Crippen LogP contribution in [0.4, 0.5) is 5.69 Å². The molecule has 0 bridgehead atoms. The number of fused-ring (bicyclic) bond motifs is 1. The molecule has 0 radical (unpaired) electrons. The Labute approximate surface area is 144 Å². The average molecular weight is 348 g/mol. The van der Waals surface area contributed by atoms with Crippen LogP contribution >= 0.6 is 0 Å². The van der Waals surface area contributed by atoms with Crippen molar-refractivity contribution in [2.45, 2.75) is 32.0 Å². The fourth-order valence-electron chi connectivity index (χ4n) is 2.91. The summed E-state index contributed by atoms with van der Waals surface area (Å²) >= 11 is 0.